The SMILES string of the molecule is CCC1C(=O)NC(C(C)C)C(=O)N1CCc1ncno1. The summed E-state index contributed by atoms with van der Waals surface area (Å²) in [6, 6.07) is -0.867. The average molecular weight is 280 g/mol. The maximum Gasteiger partial charge on any atom is 0.246 e. The van der Waals surface area contributed by atoms with E-state index in [1.165, 1.54) is 6.33 Å². The maximum absolute atomic E-state index is 12.5. The molecule has 0 radical (unpaired) electrons. The molecule has 1 aromatic heterocycles. The molecule has 0 aromatic carbocycles. The molecule has 0 bridgehead atoms. The molecule has 7 nitrogen and oxygen atoms in total. The summed E-state index contributed by atoms with van der Waals surface area (Å²) in [6.07, 6.45) is 2.38. The minimum absolute atomic E-state index is 0.0361. The summed E-state index contributed by atoms with van der Waals surface area (Å²) in [5.41, 5.74) is 0. The molecular weight excluding hydrogens is 260 g/mol. The van der Waals surface area contributed by atoms with Gasteiger partial charge in [0.25, 0.3) is 0 Å². The lowest BCUT2D eigenvalue weighted by atomic mass is 9.97. The van der Waals surface area contributed by atoms with Gasteiger partial charge in [-0.2, -0.15) is 4.98 Å². The number of amides is 2. The molecule has 0 saturated carbocycles. The maximum atomic E-state index is 12.5. The average Bonchev–Trinajstić information content (AvgIpc) is 2.91. The number of aromatic nitrogens is 2. The van der Waals surface area contributed by atoms with Crippen molar-refractivity contribution in [3.05, 3.63) is 12.2 Å². The van der Waals surface area contributed by atoms with Crippen LogP contribution in [0.5, 0.6) is 0 Å². The molecule has 20 heavy (non-hydrogen) atoms. The highest BCUT2D eigenvalue weighted by Gasteiger charge is 2.40. The second kappa shape index (κ2) is 6.02. The van der Waals surface area contributed by atoms with Crippen LogP contribution in [0.25, 0.3) is 0 Å². The summed E-state index contributed by atoms with van der Waals surface area (Å²) < 4.78 is 4.93. The van der Waals surface area contributed by atoms with Crippen molar-refractivity contribution in [1.29, 1.82) is 0 Å². The molecule has 2 atom stereocenters. The van der Waals surface area contributed by atoms with Crippen LogP contribution in [-0.2, 0) is 16.0 Å². The molecule has 1 aliphatic rings. The molecule has 1 saturated heterocycles. The zero-order chi connectivity index (χ0) is 14.7. The van der Waals surface area contributed by atoms with Gasteiger partial charge in [-0.05, 0) is 12.3 Å². The van der Waals surface area contributed by atoms with Crippen molar-refractivity contribution in [1.82, 2.24) is 20.4 Å². The topological polar surface area (TPSA) is 88.3 Å². The molecule has 7 heteroatoms. The molecule has 1 aliphatic heterocycles. The third kappa shape index (κ3) is 2.81. The number of nitrogens with zero attached hydrogens (tertiary/aromatic N) is 3. The smallest absolute Gasteiger partial charge is 0.246 e. The van der Waals surface area contributed by atoms with Gasteiger partial charge in [0.05, 0.1) is 0 Å². The number of rotatable bonds is 5. The van der Waals surface area contributed by atoms with E-state index in [0.29, 0.717) is 25.3 Å². The standard InChI is InChI=1S/C13H20N4O3/c1-4-9-12(18)16-11(8(2)3)13(19)17(9)6-5-10-14-7-15-20-10/h7-9,11H,4-6H2,1-3H3,(H,16,18). The summed E-state index contributed by atoms with van der Waals surface area (Å²) >= 11 is 0. The number of carbonyl (C=O) groups is 2. The van der Waals surface area contributed by atoms with Crippen LogP contribution < -0.4 is 5.32 Å². The van der Waals surface area contributed by atoms with Gasteiger partial charge in [0.1, 0.15) is 12.1 Å². The molecule has 110 valence electrons. The van der Waals surface area contributed by atoms with E-state index >= 15 is 0 Å². The predicted octanol–water partition coefficient (Wildman–Crippen LogP) is 0.374. The first-order chi connectivity index (χ1) is 9.54. The predicted molar refractivity (Wildman–Crippen MR) is 70.6 cm³/mol. The summed E-state index contributed by atoms with van der Waals surface area (Å²) in [4.78, 5) is 30.2. The molecule has 1 N–H and O–H groups in total. The molecule has 2 unspecified atom stereocenters. The van der Waals surface area contributed by atoms with Gasteiger partial charge in [-0.15, -0.1) is 0 Å². The van der Waals surface area contributed by atoms with E-state index in [1.807, 2.05) is 20.8 Å². The Balaban J connectivity index is 2.11. The second-order valence-electron chi connectivity index (χ2n) is 5.27. The Morgan fingerprint density at radius 2 is 2.20 bits per heavy atom. The lowest BCUT2D eigenvalue weighted by molar-refractivity contribution is -0.150. The highest BCUT2D eigenvalue weighted by molar-refractivity contribution is 5.97. The first kappa shape index (κ1) is 14.5. The van der Waals surface area contributed by atoms with Gasteiger partial charge in [0, 0.05) is 13.0 Å². The first-order valence-electron chi connectivity index (χ1n) is 6.91. The van der Waals surface area contributed by atoms with E-state index in [4.69, 9.17) is 4.52 Å². The highest BCUT2D eigenvalue weighted by Crippen LogP contribution is 2.18. The van der Waals surface area contributed by atoms with Crippen LogP contribution >= 0.6 is 0 Å². The minimum Gasteiger partial charge on any atom is -0.342 e. The van der Waals surface area contributed by atoms with Gasteiger partial charge in [-0.3, -0.25) is 9.59 Å². The zero-order valence-electron chi connectivity index (χ0n) is 12.0. The molecule has 2 heterocycles. The van der Waals surface area contributed by atoms with Crippen LogP contribution in [0.15, 0.2) is 10.9 Å². The van der Waals surface area contributed by atoms with Crippen LogP contribution in [0.2, 0.25) is 0 Å². The zero-order valence-corrected chi connectivity index (χ0v) is 12.0. The van der Waals surface area contributed by atoms with Gasteiger partial charge < -0.3 is 14.7 Å². The Bertz CT molecular complexity index is 472. The third-order valence-electron chi connectivity index (χ3n) is 3.55. The highest BCUT2D eigenvalue weighted by atomic mass is 16.5. The van der Waals surface area contributed by atoms with E-state index in [1.54, 1.807) is 4.90 Å². The molecular formula is C13H20N4O3. The normalized spacial score (nSPS) is 23.3. The summed E-state index contributed by atoms with van der Waals surface area (Å²) in [5.74, 6) is 0.414. The molecule has 2 rings (SSSR count). The quantitative estimate of drug-likeness (QED) is 0.842. The van der Waals surface area contributed by atoms with Crippen LogP contribution in [0.3, 0.4) is 0 Å². The van der Waals surface area contributed by atoms with Crippen molar-refractivity contribution < 1.29 is 14.1 Å². The number of hydrogen-bond donors (Lipinski definition) is 1. The van der Waals surface area contributed by atoms with Crippen LogP contribution in [0.1, 0.15) is 33.1 Å². The van der Waals surface area contributed by atoms with E-state index < -0.39 is 12.1 Å². The van der Waals surface area contributed by atoms with Crippen molar-refractivity contribution in [2.75, 3.05) is 6.54 Å². The van der Waals surface area contributed by atoms with Crippen LogP contribution in [0, 0.1) is 5.92 Å². The van der Waals surface area contributed by atoms with Gasteiger partial charge in [0.15, 0.2) is 6.33 Å². The number of nitrogens with one attached hydrogen (secondary N) is 1. The van der Waals surface area contributed by atoms with Gasteiger partial charge in [-0.25, -0.2) is 0 Å². The fraction of sp³-hybridized carbons (Fsp3) is 0.692. The molecule has 1 aromatic rings. The molecule has 1 fully saturated rings. The fourth-order valence-electron chi connectivity index (χ4n) is 2.43. The largest absolute Gasteiger partial charge is 0.342 e. The molecule has 2 amide bonds. The van der Waals surface area contributed by atoms with Gasteiger partial charge in [-0.1, -0.05) is 25.9 Å². The lowest BCUT2D eigenvalue weighted by Gasteiger charge is -2.39. The molecule has 0 spiro atoms. The van der Waals surface area contributed by atoms with Crippen molar-refractivity contribution in [3.8, 4) is 0 Å². The Morgan fingerprint density at radius 3 is 2.75 bits per heavy atom. The van der Waals surface area contributed by atoms with E-state index in [0.717, 1.165) is 0 Å². The molecule has 0 aliphatic carbocycles. The van der Waals surface area contributed by atoms with Crippen molar-refractivity contribution in [3.63, 3.8) is 0 Å². The number of hydrogen-bond acceptors (Lipinski definition) is 5. The fourth-order valence-corrected chi connectivity index (χ4v) is 2.43. The Kier molecular flexibility index (Phi) is 4.36. The van der Waals surface area contributed by atoms with Crippen molar-refractivity contribution >= 4 is 11.8 Å². The van der Waals surface area contributed by atoms with E-state index in [-0.39, 0.29) is 17.7 Å². The van der Waals surface area contributed by atoms with Crippen molar-refractivity contribution in [2.45, 2.75) is 45.7 Å². The van der Waals surface area contributed by atoms with Crippen LogP contribution in [0.4, 0.5) is 0 Å². The van der Waals surface area contributed by atoms with Gasteiger partial charge in [0.2, 0.25) is 17.7 Å². The van der Waals surface area contributed by atoms with E-state index in [2.05, 4.69) is 15.5 Å². The summed E-state index contributed by atoms with van der Waals surface area (Å²) in [7, 11) is 0. The number of piperazine rings is 1. The lowest BCUT2D eigenvalue weighted by Crippen LogP contribution is -2.64. The van der Waals surface area contributed by atoms with E-state index in [9.17, 15) is 9.59 Å². The Morgan fingerprint density at radius 1 is 1.45 bits per heavy atom. The monoisotopic (exact) mass is 280 g/mol. The number of carbonyl (C=O) groups excluding carboxylic acids is 2. The first-order valence-corrected chi connectivity index (χ1v) is 6.91. The second-order valence-corrected chi connectivity index (χ2v) is 5.27. The third-order valence-corrected chi connectivity index (χ3v) is 3.55. The minimum atomic E-state index is -0.451. The summed E-state index contributed by atoms with van der Waals surface area (Å²) in [5, 5.41) is 6.34. The van der Waals surface area contributed by atoms with Crippen molar-refractivity contribution in [2.24, 2.45) is 5.92 Å². The van der Waals surface area contributed by atoms with Gasteiger partial charge >= 0.3 is 0 Å². The summed E-state index contributed by atoms with van der Waals surface area (Å²) in [6.45, 7) is 6.15. The van der Waals surface area contributed by atoms with Crippen LogP contribution in [-0.4, -0.2) is 45.5 Å². The Labute approximate surface area is 117 Å². The Hall–Kier alpha value is -1.92.